The molecule has 0 bridgehead atoms. The molecule has 2 aromatic carbocycles. The van der Waals surface area contributed by atoms with Gasteiger partial charge in [-0.2, -0.15) is 0 Å². The minimum Gasteiger partial charge on any atom is -0.497 e. The fourth-order valence-corrected chi connectivity index (χ4v) is 1.87. The van der Waals surface area contributed by atoms with Crippen molar-refractivity contribution in [3.8, 4) is 11.5 Å². The minimum absolute atomic E-state index is 0.126. The van der Waals surface area contributed by atoms with Crippen LogP contribution in [-0.2, 0) is 6.54 Å². The van der Waals surface area contributed by atoms with Crippen molar-refractivity contribution in [1.29, 1.82) is 0 Å². The number of nitrogens with one attached hydrogen (secondary N) is 1. The van der Waals surface area contributed by atoms with Crippen molar-refractivity contribution >= 4 is 5.69 Å². The Hall–Kier alpha value is -2.37. The zero-order chi connectivity index (χ0) is 15.4. The van der Waals surface area contributed by atoms with Gasteiger partial charge in [0.1, 0.15) is 17.3 Å². The van der Waals surface area contributed by atoms with Crippen LogP contribution >= 0.6 is 0 Å². The molecule has 0 heterocycles. The SMILES string of the molecule is COc1ccc(OC)c(CNc2cc(F)c(F)cc2F)c1. The second kappa shape index (κ2) is 6.39. The average molecular weight is 297 g/mol. The summed E-state index contributed by atoms with van der Waals surface area (Å²) in [5.41, 5.74) is 0.569. The van der Waals surface area contributed by atoms with E-state index in [1.54, 1.807) is 18.2 Å². The van der Waals surface area contributed by atoms with Crippen LogP contribution in [-0.4, -0.2) is 14.2 Å². The van der Waals surface area contributed by atoms with Crippen molar-refractivity contribution in [3.63, 3.8) is 0 Å². The molecule has 0 aliphatic carbocycles. The number of rotatable bonds is 5. The Bertz CT molecular complexity index is 647. The predicted molar refractivity (Wildman–Crippen MR) is 73.2 cm³/mol. The Labute approximate surface area is 120 Å². The Morgan fingerprint density at radius 1 is 0.905 bits per heavy atom. The normalized spacial score (nSPS) is 10.3. The summed E-state index contributed by atoms with van der Waals surface area (Å²) in [7, 11) is 3.03. The standard InChI is InChI=1S/C15H14F3NO2/c1-20-10-3-4-15(21-2)9(5-10)8-19-14-7-12(17)11(16)6-13(14)18/h3-7,19H,8H2,1-2H3. The molecule has 0 radical (unpaired) electrons. The molecule has 0 saturated heterocycles. The summed E-state index contributed by atoms with van der Waals surface area (Å²) in [6.07, 6.45) is 0. The molecular weight excluding hydrogens is 283 g/mol. The molecule has 0 aliphatic heterocycles. The van der Waals surface area contributed by atoms with E-state index in [-0.39, 0.29) is 12.2 Å². The first kappa shape index (κ1) is 15.0. The van der Waals surface area contributed by atoms with Crippen molar-refractivity contribution < 1.29 is 22.6 Å². The Morgan fingerprint density at radius 2 is 1.62 bits per heavy atom. The van der Waals surface area contributed by atoms with Gasteiger partial charge in [0.25, 0.3) is 0 Å². The van der Waals surface area contributed by atoms with Gasteiger partial charge in [-0.25, -0.2) is 13.2 Å². The van der Waals surface area contributed by atoms with Gasteiger partial charge in [-0.05, 0) is 18.2 Å². The third-order valence-corrected chi connectivity index (χ3v) is 2.97. The van der Waals surface area contributed by atoms with Crippen LogP contribution in [0.2, 0.25) is 0 Å². The molecule has 0 fully saturated rings. The minimum atomic E-state index is -1.22. The first-order valence-corrected chi connectivity index (χ1v) is 6.14. The van der Waals surface area contributed by atoms with Crippen molar-refractivity contribution in [3.05, 3.63) is 53.3 Å². The van der Waals surface area contributed by atoms with Crippen molar-refractivity contribution in [2.75, 3.05) is 19.5 Å². The largest absolute Gasteiger partial charge is 0.497 e. The molecule has 2 aromatic rings. The maximum absolute atomic E-state index is 13.5. The van der Waals surface area contributed by atoms with Gasteiger partial charge in [-0.1, -0.05) is 0 Å². The lowest BCUT2D eigenvalue weighted by atomic mass is 10.1. The summed E-state index contributed by atoms with van der Waals surface area (Å²) in [5, 5.41) is 2.71. The van der Waals surface area contributed by atoms with E-state index in [2.05, 4.69) is 5.32 Å². The number of hydrogen-bond acceptors (Lipinski definition) is 3. The number of methoxy groups -OCH3 is 2. The van der Waals surface area contributed by atoms with E-state index in [1.807, 2.05) is 0 Å². The van der Waals surface area contributed by atoms with Crippen LogP contribution in [0.15, 0.2) is 30.3 Å². The molecule has 0 aliphatic rings. The number of halogens is 3. The second-order valence-electron chi connectivity index (χ2n) is 4.28. The summed E-state index contributed by atoms with van der Waals surface area (Å²) >= 11 is 0. The highest BCUT2D eigenvalue weighted by molar-refractivity contribution is 5.48. The molecule has 112 valence electrons. The van der Waals surface area contributed by atoms with Crippen LogP contribution in [0.1, 0.15) is 5.56 Å². The molecule has 1 N–H and O–H groups in total. The second-order valence-corrected chi connectivity index (χ2v) is 4.28. The summed E-state index contributed by atoms with van der Waals surface area (Å²) in [4.78, 5) is 0. The van der Waals surface area contributed by atoms with E-state index < -0.39 is 17.5 Å². The highest BCUT2D eigenvalue weighted by atomic mass is 19.2. The van der Waals surface area contributed by atoms with Gasteiger partial charge in [-0.15, -0.1) is 0 Å². The van der Waals surface area contributed by atoms with Crippen LogP contribution in [0.25, 0.3) is 0 Å². The van der Waals surface area contributed by atoms with Crippen molar-refractivity contribution in [2.45, 2.75) is 6.54 Å². The smallest absolute Gasteiger partial charge is 0.161 e. The molecule has 2 rings (SSSR count). The van der Waals surface area contributed by atoms with E-state index in [4.69, 9.17) is 9.47 Å². The molecule has 0 amide bonds. The third kappa shape index (κ3) is 3.39. The molecule has 0 saturated carbocycles. The van der Waals surface area contributed by atoms with Gasteiger partial charge in [0.05, 0.1) is 19.9 Å². The molecule has 21 heavy (non-hydrogen) atoms. The number of hydrogen-bond donors (Lipinski definition) is 1. The Balaban J connectivity index is 2.21. The van der Waals surface area contributed by atoms with Crippen LogP contribution < -0.4 is 14.8 Å². The lowest BCUT2D eigenvalue weighted by Crippen LogP contribution is -2.05. The van der Waals surface area contributed by atoms with E-state index in [9.17, 15) is 13.2 Å². The highest BCUT2D eigenvalue weighted by Gasteiger charge is 2.11. The van der Waals surface area contributed by atoms with Crippen LogP contribution in [0.3, 0.4) is 0 Å². The lowest BCUT2D eigenvalue weighted by Gasteiger charge is -2.13. The summed E-state index contributed by atoms with van der Waals surface area (Å²) < 4.78 is 49.8. The molecular formula is C15H14F3NO2. The average Bonchev–Trinajstić information content (AvgIpc) is 2.49. The molecule has 0 spiro atoms. The zero-order valence-electron chi connectivity index (χ0n) is 11.5. The maximum atomic E-state index is 13.5. The molecule has 3 nitrogen and oxygen atoms in total. The van der Waals surface area contributed by atoms with Gasteiger partial charge in [0.2, 0.25) is 0 Å². The summed E-state index contributed by atoms with van der Waals surface area (Å²) in [5.74, 6) is -2.02. The highest BCUT2D eigenvalue weighted by Crippen LogP contribution is 2.26. The van der Waals surface area contributed by atoms with Gasteiger partial charge in [0, 0.05) is 24.2 Å². The summed E-state index contributed by atoms with van der Waals surface area (Å²) in [6, 6.07) is 6.42. The first-order valence-electron chi connectivity index (χ1n) is 6.14. The lowest BCUT2D eigenvalue weighted by molar-refractivity contribution is 0.399. The topological polar surface area (TPSA) is 30.5 Å². The summed E-state index contributed by atoms with van der Waals surface area (Å²) in [6.45, 7) is 0.169. The van der Waals surface area contributed by atoms with Crippen LogP contribution in [0, 0.1) is 17.5 Å². The number of ether oxygens (including phenoxy) is 2. The third-order valence-electron chi connectivity index (χ3n) is 2.97. The number of anilines is 1. The van der Waals surface area contributed by atoms with Gasteiger partial charge >= 0.3 is 0 Å². The van der Waals surface area contributed by atoms with Gasteiger partial charge < -0.3 is 14.8 Å². The van der Waals surface area contributed by atoms with E-state index >= 15 is 0 Å². The van der Waals surface area contributed by atoms with Crippen LogP contribution in [0.4, 0.5) is 18.9 Å². The number of benzene rings is 2. The molecule has 0 aromatic heterocycles. The van der Waals surface area contributed by atoms with E-state index in [0.717, 1.165) is 6.07 Å². The molecule has 6 heteroatoms. The van der Waals surface area contributed by atoms with Crippen molar-refractivity contribution in [1.82, 2.24) is 0 Å². The fraction of sp³-hybridized carbons (Fsp3) is 0.200. The fourth-order valence-electron chi connectivity index (χ4n) is 1.87. The monoisotopic (exact) mass is 297 g/mol. The van der Waals surface area contributed by atoms with E-state index in [1.165, 1.54) is 14.2 Å². The van der Waals surface area contributed by atoms with Gasteiger partial charge in [-0.3, -0.25) is 0 Å². The van der Waals surface area contributed by atoms with Crippen molar-refractivity contribution in [2.24, 2.45) is 0 Å². The molecule has 0 atom stereocenters. The Kier molecular flexibility index (Phi) is 4.57. The van der Waals surface area contributed by atoms with E-state index in [0.29, 0.717) is 23.1 Å². The predicted octanol–water partition coefficient (Wildman–Crippen LogP) is 3.73. The zero-order valence-corrected chi connectivity index (χ0v) is 11.5. The molecule has 0 unspecified atom stereocenters. The first-order chi connectivity index (χ1) is 10.0. The van der Waals surface area contributed by atoms with Gasteiger partial charge in [0.15, 0.2) is 11.6 Å². The quantitative estimate of drug-likeness (QED) is 0.853. The maximum Gasteiger partial charge on any atom is 0.161 e. The Morgan fingerprint density at radius 3 is 2.29 bits per heavy atom. The van der Waals surface area contributed by atoms with Crippen LogP contribution in [0.5, 0.6) is 11.5 Å².